The van der Waals surface area contributed by atoms with Crippen LogP contribution >= 0.6 is 0 Å². The van der Waals surface area contributed by atoms with Crippen LogP contribution in [-0.2, 0) is 35.1 Å². The van der Waals surface area contributed by atoms with Crippen LogP contribution < -0.4 is 4.74 Å². The number of esters is 3. The first-order valence-corrected chi connectivity index (χ1v) is 8.17. The Labute approximate surface area is 162 Å². The standard InChI is InChI=1S/C19H23FO8/c1-11(21)26-9-12-13(20)7-8-14(16(12)18(23)28-19(2,3)4)27-15(10-24-5)17(22)25-6/h7-8,10H,9H2,1-6H3/b15-10+. The van der Waals surface area contributed by atoms with Gasteiger partial charge in [0.2, 0.25) is 5.76 Å². The van der Waals surface area contributed by atoms with Gasteiger partial charge in [0.05, 0.1) is 14.2 Å². The Hall–Kier alpha value is -3.10. The highest BCUT2D eigenvalue weighted by Gasteiger charge is 2.28. The zero-order valence-corrected chi connectivity index (χ0v) is 16.6. The van der Waals surface area contributed by atoms with Crippen molar-refractivity contribution in [2.75, 3.05) is 14.2 Å². The van der Waals surface area contributed by atoms with Gasteiger partial charge >= 0.3 is 17.9 Å². The molecule has 0 saturated carbocycles. The van der Waals surface area contributed by atoms with Crippen molar-refractivity contribution >= 4 is 17.9 Å². The average molecular weight is 398 g/mol. The number of halogens is 1. The Morgan fingerprint density at radius 2 is 1.79 bits per heavy atom. The number of rotatable bonds is 7. The first-order chi connectivity index (χ1) is 13.0. The summed E-state index contributed by atoms with van der Waals surface area (Å²) >= 11 is 0. The van der Waals surface area contributed by atoms with E-state index in [1.165, 1.54) is 7.11 Å². The highest BCUT2D eigenvalue weighted by molar-refractivity contribution is 5.95. The topological polar surface area (TPSA) is 97.4 Å². The molecule has 0 radical (unpaired) electrons. The quantitative estimate of drug-likeness (QED) is 0.299. The monoisotopic (exact) mass is 398 g/mol. The molecule has 1 rings (SSSR count). The van der Waals surface area contributed by atoms with E-state index in [4.69, 9.17) is 18.9 Å². The molecule has 0 aliphatic rings. The number of methoxy groups -OCH3 is 2. The van der Waals surface area contributed by atoms with E-state index < -0.39 is 35.9 Å². The maximum Gasteiger partial charge on any atom is 0.377 e. The summed E-state index contributed by atoms with van der Waals surface area (Å²) < 4.78 is 39.3. The second kappa shape index (κ2) is 9.72. The molecule has 0 aliphatic carbocycles. The third kappa shape index (κ3) is 6.57. The van der Waals surface area contributed by atoms with Crippen LogP contribution in [-0.4, -0.2) is 37.7 Å². The van der Waals surface area contributed by atoms with Crippen LogP contribution in [0.5, 0.6) is 5.75 Å². The zero-order chi connectivity index (χ0) is 21.5. The maximum absolute atomic E-state index is 14.4. The highest BCUT2D eigenvalue weighted by atomic mass is 19.1. The van der Waals surface area contributed by atoms with Gasteiger partial charge in [-0.25, -0.2) is 14.0 Å². The van der Waals surface area contributed by atoms with Gasteiger partial charge < -0.3 is 23.7 Å². The van der Waals surface area contributed by atoms with Crippen molar-refractivity contribution in [1.82, 2.24) is 0 Å². The van der Waals surface area contributed by atoms with E-state index in [1.807, 2.05) is 0 Å². The predicted molar refractivity (Wildman–Crippen MR) is 94.8 cm³/mol. The largest absolute Gasteiger partial charge is 0.500 e. The van der Waals surface area contributed by atoms with Gasteiger partial charge in [-0.05, 0) is 32.9 Å². The van der Waals surface area contributed by atoms with Crippen LogP contribution in [0.2, 0.25) is 0 Å². The van der Waals surface area contributed by atoms with Gasteiger partial charge in [-0.1, -0.05) is 0 Å². The summed E-state index contributed by atoms with van der Waals surface area (Å²) in [5, 5.41) is 0. The van der Waals surface area contributed by atoms with E-state index in [0.29, 0.717) is 0 Å². The SMILES string of the molecule is CO/C=C(/Oc1ccc(F)c(COC(C)=O)c1C(=O)OC(C)(C)C)C(=O)OC. The van der Waals surface area contributed by atoms with Crippen molar-refractivity contribution < 1.29 is 42.5 Å². The van der Waals surface area contributed by atoms with Gasteiger partial charge in [0.15, 0.2) is 0 Å². The summed E-state index contributed by atoms with van der Waals surface area (Å²) in [4.78, 5) is 35.7. The Kier molecular flexibility index (Phi) is 7.97. The molecule has 9 heteroatoms. The minimum atomic E-state index is -0.925. The molecule has 154 valence electrons. The van der Waals surface area contributed by atoms with Gasteiger partial charge in [-0.15, -0.1) is 0 Å². The molecule has 0 unspecified atom stereocenters. The lowest BCUT2D eigenvalue weighted by atomic mass is 10.1. The molecule has 0 saturated heterocycles. The molecule has 28 heavy (non-hydrogen) atoms. The summed E-state index contributed by atoms with van der Waals surface area (Å²) in [5.41, 5.74) is -1.49. The average Bonchev–Trinajstić information content (AvgIpc) is 2.58. The second-order valence-corrected chi connectivity index (χ2v) is 6.49. The first-order valence-electron chi connectivity index (χ1n) is 8.17. The Morgan fingerprint density at radius 1 is 1.14 bits per heavy atom. The Balaban J connectivity index is 3.51. The third-order valence-corrected chi connectivity index (χ3v) is 3.07. The molecule has 0 amide bonds. The number of hydrogen-bond acceptors (Lipinski definition) is 8. The highest BCUT2D eigenvalue weighted by Crippen LogP contribution is 2.30. The minimum Gasteiger partial charge on any atom is -0.500 e. The zero-order valence-electron chi connectivity index (χ0n) is 16.6. The van der Waals surface area contributed by atoms with Crippen LogP contribution in [0.25, 0.3) is 0 Å². The molecule has 0 atom stereocenters. The molecule has 0 aliphatic heterocycles. The van der Waals surface area contributed by atoms with Crippen molar-refractivity contribution in [2.24, 2.45) is 0 Å². The number of hydrogen-bond donors (Lipinski definition) is 0. The molecule has 1 aromatic carbocycles. The van der Waals surface area contributed by atoms with Gasteiger partial charge in [-0.3, -0.25) is 4.79 Å². The molecule has 1 aromatic rings. The first kappa shape index (κ1) is 22.9. The number of benzene rings is 1. The fourth-order valence-corrected chi connectivity index (χ4v) is 1.99. The molecule has 0 N–H and O–H groups in total. The van der Waals surface area contributed by atoms with E-state index in [0.717, 1.165) is 32.4 Å². The van der Waals surface area contributed by atoms with Crippen molar-refractivity contribution in [3.63, 3.8) is 0 Å². The van der Waals surface area contributed by atoms with Crippen LogP contribution in [0.4, 0.5) is 4.39 Å². The lowest BCUT2D eigenvalue weighted by Gasteiger charge is -2.22. The summed E-state index contributed by atoms with van der Waals surface area (Å²) in [6.07, 6.45) is 0.958. The normalized spacial score (nSPS) is 11.5. The van der Waals surface area contributed by atoms with Crippen molar-refractivity contribution in [1.29, 1.82) is 0 Å². The third-order valence-electron chi connectivity index (χ3n) is 3.07. The molecule has 8 nitrogen and oxygen atoms in total. The van der Waals surface area contributed by atoms with Crippen molar-refractivity contribution in [3.8, 4) is 5.75 Å². The van der Waals surface area contributed by atoms with E-state index in [2.05, 4.69) is 4.74 Å². The lowest BCUT2D eigenvalue weighted by molar-refractivity contribution is -0.142. The summed E-state index contributed by atoms with van der Waals surface area (Å²) in [5.74, 6) is -3.89. The summed E-state index contributed by atoms with van der Waals surface area (Å²) in [6.45, 7) is 5.49. The van der Waals surface area contributed by atoms with Gasteiger partial charge in [-0.2, -0.15) is 0 Å². The Bertz CT molecular complexity index is 777. The molecule has 0 heterocycles. The van der Waals surface area contributed by atoms with Gasteiger partial charge in [0, 0.05) is 12.5 Å². The molecular formula is C19H23FO8. The fraction of sp³-hybridized carbons (Fsp3) is 0.421. The summed E-state index contributed by atoms with van der Waals surface area (Å²) in [6, 6.07) is 2.14. The van der Waals surface area contributed by atoms with E-state index in [1.54, 1.807) is 20.8 Å². The molecule has 0 bridgehead atoms. The van der Waals surface area contributed by atoms with E-state index in [-0.39, 0.29) is 22.6 Å². The fourth-order valence-electron chi connectivity index (χ4n) is 1.99. The number of carbonyl (C=O) groups excluding carboxylic acids is 3. The van der Waals surface area contributed by atoms with Crippen LogP contribution in [0.1, 0.15) is 43.6 Å². The van der Waals surface area contributed by atoms with Crippen LogP contribution in [0, 0.1) is 5.82 Å². The molecular weight excluding hydrogens is 375 g/mol. The molecule has 0 fully saturated rings. The minimum absolute atomic E-state index is 0.202. The second-order valence-electron chi connectivity index (χ2n) is 6.49. The molecule has 0 aromatic heterocycles. The smallest absolute Gasteiger partial charge is 0.377 e. The van der Waals surface area contributed by atoms with Gasteiger partial charge in [0.1, 0.15) is 35.6 Å². The van der Waals surface area contributed by atoms with Crippen molar-refractivity contribution in [3.05, 3.63) is 41.1 Å². The van der Waals surface area contributed by atoms with Crippen molar-refractivity contribution in [2.45, 2.75) is 39.9 Å². The van der Waals surface area contributed by atoms with E-state index >= 15 is 0 Å². The van der Waals surface area contributed by atoms with E-state index in [9.17, 15) is 18.8 Å². The Morgan fingerprint density at radius 3 is 2.29 bits per heavy atom. The van der Waals surface area contributed by atoms with Crippen LogP contribution in [0.15, 0.2) is 24.2 Å². The molecule has 0 spiro atoms. The summed E-state index contributed by atoms with van der Waals surface area (Å²) in [7, 11) is 2.40. The maximum atomic E-state index is 14.4. The van der Waals surface area contributed by atoms with Crippen LogP contribution in [0.3, 0.4) is 0 Å². The van der Waals surface area contributed by atoms with Gasteiger partial charge in [0.25, 0.3) is 0 Å². The predicted octanol–water partition coefficient (Wildman–Crippen LogP) is 2.88. The number of ether oxygens (including phenoxy) is 5. The number of carbonyl (C=O) groups is 3. The lowest BCUT2D eigenvalue weighted by Crippen LogP contribution is -2.26.